The molecule has 0 unspecified atom stereocenters. The van der Waals surface area contributed by atoms with Crippen LogP contribution in [0.15, 0.2) is 48.5 Å². The van der Waals surface area contributed by atoms with Crippen molar-refractivity contribution in [2.45, 2.75) is 25.8 Å². The van der Waals surface area contributed by atoms with E-state index in [2.05, 4.69) is 28.5 Å². The van der Waals surface area contributed by atoms with Crippen LogP contribution in [0.4, 0.5) is 0 Å². The van der Waals surface area contributed by atoms with Crippen LogP contribution >= 0.6 is 0 Å². The molecule has 0 saturated heterocycles. The summed E-state index contributed by atoms with van der Waals surface area (Å²) in [4.78, 5) is 14.5. The number of ether oxygens (including phenoxy) is 1. The second-order valence-electron chi connectivity index (χ2n) is 7.24. The largest absolute Gasteiger partial charge is 0.491 e. The topological polar surface area (TPSA) is 86.4 Å². The van der Waals surface area contributed by atoms with E-state index in [1.54, 1.807) is 11.6 Å². The number of benzene rings is 2. The van der Waals surface area contributed by atoms with Crippen LogP contribution in [0.1, 0.15) is 28.8 Å². The highest BCUT2D eigenvalue weighted by Gasteiger charge is 2.16. The maximum atomic E-state index is 11.0. The molecule has 4 rings (SSSR count). The van der Waals surface area contributed by atoms with E-state index in [9.17, 15) is 4.79 Å². The number of fused-ring (bicyclic) bond motifs is 3. The molecule has 0 bridgehead atoms. The first-order chi connectivity index (χ1) is 14.2. The molecular weight excluding hydrogens is 366 g/mol. The fourth-order valence-electron chi connectivity index (χ4n) is 3.61. The number of H-pyrrole nitrogens is 1. The van der Waals surface area contributed by atoms with Gasteiger partial charge in [-0.2, -0.15) is 0 Å². The number of hydrogen-bond donors (Lipinski definition) is 4. The van der Waals surface area contributed by atoms with E-state index in [1.807, 2.05) is 24.3 Å². The molecule has 1 aromatic heterocycles. The molecule has 0 spiro atoms. The third-order valence-corrected chi connectivity index (χ3v) is 5.14. The predicted octanol–water partition coefficient (Wildman–Crippen LogP) is 3.34. The number of hydroxylamine groups is 1. The molecule has 29 heavy (non-hydrogen) atoms. The number of rotatable bonds is 7. The minimum Gasteiger partial charge on any atom is -0.491 e. The van der Waals surface area contributed by atoms with Crippen LogP contribution in [0.5, 0.6) is 5.75 Å². The number of hydrogen-bond acceptors (Lipinski definition) is 4. The predicted molar refractivity (Wildman–Crippen MR) is 113 cm³/mol. The van der Waals surface area contributed by atoms with Gasteiger partial charge in [0.15, 0.2) is 0 Å². The molecule has 1 aliphatic rings. The summed E-state index contributed by atoms with van der Waals surface area (Å²) in [6.07, 6.45) is 6.03. The van der Waals surface area contributed by atoms with Crippen LogP contribution in [0, 0.1) is 0 Å². The van der Waals surface area contributed by atoms with Crippen LogP contribution in [0.2, 0.25) is 0 Å². The Labute approximate surface area is 169 Å². The molecule has 1 aliphatic heterocycles. The summed E-state index contributed by atoms with van der Waals surface area (Å²) in [7, 11) is 0. The van der Waals surface area contributed by atoms with Crippen LogP contribution in [0.3, 0.4) is 0 Å². The summed E-state index contributed by atoms with van der Waals surface area (Å²) in [6.45, 7) is 2.47. The molecule has 0 radical (unpaired) electrons. The van der Waals surface area contributed by atoms with Gasteiger partial charge in [-0.25, -0.2) is 5.48 Å². The van der Waals surface area contributed by atoms with Gasteiger partial charge in [0.2, 0.25) is 0 Å². The zero-order chi connectivity index (χ0) is 20.1. The Morgan fingerprint density at radius 1 is 1.17 bits per heavy atom. The van der Waals surface area contributed by atoms with Gasteiger partial charge in [-0.05, 0) is 60.7 Å². The molecule has 1 amide bonds. The molecular formula is C23H25N3O3. The SMILES string of the molecule is O=C(/C=C/c1ccc(CNCCc2ccc3[nH]c4c(c3c2)OCCC4)cc1)NO. The van der Waals surface area contributed by atoms with Crippen molar-refractivity contribution >= 4 is 22.9 Å². The lowest BCUT2D eigenvalue weighted by molar-refractivity contribution is -0.124. The molecule has 2 aromatic carbocycles. The first-order valence-corrected chi connectivity index (χ1v) is 9.91. The summed E-state index contributed by atoms with van der Waals surface area (Å²) in [5, 5.41) is 13.2. The van der Waals surface area contributed by atoms with Crippen molar-refractivity contribution in [3.8, 4) is 5.75 Å². The van der Waals surface area contributed by atoms with E-state index >= 15 is 0 Å². The molecule has 0 saturated carbocycles. The van der Waals surface area contributed by atoms with E-state index in [1.165, 1.54) is 28.3 Å². The van der Waals surface area contributed by atoms with Crippen molar-refractivity contribution in [1.82, 2.24) is 15.8 Å². The Bertz CT molecular complexity index is 1020. The molecule has 2 heterocycles. The second-order valence-corrected chi connectivity index (χ2v) is 7.24. The van der Waals surface area contributed by atoms with Gasteiger partial charge in [-0.15, -0.1) is 0 Å². The van der Waals surface area contributed by atoms with Gasteiger partial charge in [-0.3, -0.25) is 10.0 Å². The Kier molecular flexibility index (Phi) is 5.93. The molecule has 6 heteroatoms. The maximum Gasteiger partial charge on any atom is 0.267 e. The Morgan fingerprint density at radius 2 is 2.00 bits per heavy atom. The van der Waals surface area contributed by atoms with Crippen LogP contribution < -0.4 is 15.5 Å². The molecule has 0 atom stereocenters. The van der Waals surface area contributed by atoms with Gasteiger partial charge in [0.25, 0.3) is 5.91 Å². The highest BCUT2D eigenvalue weighted by molar-refractivity contribution is 5.90. The minimum atomic E-state index is -0.541. The van der Waals surface area contributed by atoms with Gasteiger partial charge in [0, 0.05) is 23.5 Å². The number of carbonyl (C=O) groups excluding carboxylic acids is 1. The van der Waals surface area contributed by atoms with Crippen molar-refractivity contribution in [1.29, 1.82) is 0 Å². The lowest BCUT2D eigenvalue weighted by Crippen LogP contribution is -2.16. The third-order valence-electron chi connectivity index (χ3n) is 5.14. The highest BCUT2D eigenvalue weighted by atomic mass is 16.5. The number of aryl methyl sites for hydroxylation is 1. The summed E-state index contributed by atoms with van der Waals surface area (Å²) in [5.41, 5.74) is 7.32. The Morgan fingerprint density at radius 3 is 2.83 bits per heavy atom. The number of aromatic amines is 1. The van der Waals surface area contributed by atoms with Gasteiger partial charge >= 0.3 is 0 Å². The molecule has 4 N–H and O–H groups in total. The van der Waals surface area contributed by atoms with Crippen molar-refractivity contribution in [3.05, 3.63) is 70.9 Å². The van der Waals surface area contributed by atoms with Gasteiger partial charge in [0.1, 0.15) is 5.75 Å². The number of carbonyl (C=O) groups is 1. The van der Waals surface area contributed by atoms with E-state index in [-0.39, 0.29) is 0 Å². The zero-order valence-corrected chi connectivity index (χ0v) is 16.2. The zero-order valence-electron chi connectivity index (χ0n) is 16.2. The molecule has 6 nitrogen and oxygen atoms in total. The second kappa shape index (κ2) is 8.94. The lowest BCUT2D eigenvalue weighted by Gasteiger charge is -2.13. The summed E-state index contributed by atoms with van der Waals surface area (Å²) in [6, 6.07) is 14.5. The smallest absolute Gasteiger partial charge is 0.267 e. The van der Waals surface area contributed by atoms with Crippen molar-refractivity contribution in [3.63, 3.8) is 0 Å². The van der Waals surface area contributed by atoms with E-state index in [0.29, 0.717) is 0 Å². The maximum absolute atomic E-state index is 11.0. The van der Waals surface area contributed by atoms with E-state index in [4.69, 9.17) is 9.94 Å². The standard InChI is InChI=1S/C23H25N3O3/c27-22(26-28)10-8-16-3-5-18(6-4-16)15-24-12-11-17-7-9-20-19(14-17)23-21(25-20)2-1-13-29-23/h3-10,14,24-25,28H,1-2,11-13,15H2,(H,26,27)/b10-8+. The summed E-state index contributed by atoms with van der Waals surface area (Å²) >= 11 is 0. The summed E-state index contributed by atoms with van der Waals surface area (Å²) < 4.78 is 5.88. The average Bonchev–Trinajstić information content (AvgIpc) is 3.14. The molecule has 3 aromatic rings. The lowest BCUT2D eigenvalue weighted by atomic mass is 10.1. The number of aromatic nitrogens is 1. The molecule has 150 valence electrons. The molecule has 0 fully saturated rings. The minimum absolute atomic E-state index is 0.541. The van der Waals surface area contributed by atoms with E-state index < -0.39 is 5.91 Å². The Balaban J connectivity index is 1.29. The quantitative estimate of drug-likeness (QED) is 0.215. The third kappa shape index (κ3) is 4.67. The first kappa shape index (κ1) is 19.2. The molecule has 0 aliphatic carbocycles. The normalized spacial score (nSPS) is 13.4. The highest BCUT2D eigenvalue weighted by Crippen LogP contribution is 2.34. The van der Waals surface area contributed by atoms with Crippen molar-refractivity contribution in [2.75, 3.05) is 13.2 Å². The number of amides is 1. The summed E-state index contributed by atoms with van der Waals surface area (Å²) in [5.74, 6) is 0.493. The number of nitrogens with one attached hydrogen (secondary N) is 3. The van der Waals surface area contributed by atoms with Crippen LogP contribution in [-0.4, -0.2) is 29.3 Å². The fraction of sp³-hybridized carbons (Fsp3) is 0.261. The first-order valence-electron chi connectivity index (χ1n) is 9.91. The van der Waals surface area contributed by atoms with Gasteiger partial charge < -0.3 is 15.0 Å². The van der Waals surface area contributed by atoms with Crippen LogP contribution in [-0.2, 0) is 24.2 Å². The average molecular weight is 391 g/mol. The van der Waals surface area contributed by atoms with Crippen molar-refractivity contribution in [2.24, 2.45) is 0 Å². The van der Waals surface area contributed by atoms with E-state index in [0.717, 1.165) is 55.8 Å². The fourth-order valence-corrected chi connectivity index (χ4v) is 3.61. The van der Waals surface area contributed by atoms with Crippen LogP contribution in [0.25, 0.3) is 17.0 Å². The van der Waals surface area contributed by atoms with Gasteiger partial charge in [-0.1, -0.05) is 30.3 Å². The van der Waals surface area contributed by atoms with Gasteiger partial charge in [0.05, 0.1) is 12.3 Å². The Hall–Kier alpha value is -3.09. The monoisotopic (exact) mass is 391 g/mol. The van der Waals surface area contributed by atoms with Crippen molar-refractivity contribution < 1.29 is 14.7 Å².